The average molecular weight is 353 g/mol. The molecule has 1 spiro atoms. The van der Waals surface area contributed by atoms with E-state index in [0.29, 0.717) is 11.8 Å². The summed E-state index contributed by atoms with van der Waals surface area (Å²) >= 11 is 0. The van der Waals surface area contributed by atoms with Crippen molar-refractivity contribution in [2.24, 2.45) is 5.41 Å². The van der Waals surface area contributed by atoms with E-state index in [4.69, 9.17) is 4.74 Å². The van der Waals surface area contributed by atoms with Crippen LogP contribution in [0.4, 0.5) is 0 Å². The summed E-state index contributed by atoms with van der Waals surface area (Å²) in [5, 5.41) is 3.46. The Labute approximate surface area is 151 Å². The second kappa shape index (κ2) is 8.72. The Kier molecular flexibility index (Phi) is 6.93. The Morgan fingerprint density at radius 3 is 2.67 bits per heavy atom. The minimum absolute atomic E-state index is 0. The summed E-state index contributed by atoms with van der Waals surface area (Å²) in [7, 11) is 1.66. The van der Waals surface area contributed by atoms with Gasteiger partial charge < -0.3 is 15.0 Å². The molecule has 0 atom stereocenters. The van der Waals surface area contributed by atoms with E-state index in [2.05, 4.69) is 10.2 Å². The lowest BCUT2D eigenvalue weighted by Crippen LogP contribution is -2.38. The van der Waals surface area contributed by atoms with Crippen LogP contribution in [0.2, 0.25) is 0 Å². The van der Waals surface area contributed by atoms with Gasteiger partial charge in [-0.1, -0.05) is 18.2 Å². The van der Waals surface area contributed by atoms with E-state index in [1.165, 1.54) is 19.3 Å². The van der Waals surface area contributed by atoms with Crippen molar-refractivity contribution in [2.75, 3.05) is 33.3 Å². The van der Waals surface area contributed by atoms with Gasteiger partial charge in [0.25, 0.3) is 0 Å². The lowest BCUT2D eigenvalue weighted by molar-refractivity contribution is -0.130. The second-order valence-electron chi connectivity index (χ2n) is 6.97. The molecule has 0 aromatic heterocycles. The number of likely N-dealkylation sites (tertiary alicyclic amines) is 1. The largest absolute Gasteiger partial charge is 0.496 e. The average Bonchev–Trinajstić information content (AvgIpc) is 2.79. The van der Waals surface area contributed by atoms with Gasteiger partial charge in [-0.3, -0.25) is 4.79 Å². The molecule has 2 heterocycles. The van der Waals surface area contributed by atoms with Gasteiger partial charge in [-0.25, -0.2) is 0 Å². The fourth-order valence-electron chi connectivity index (χ4n) is 4.08. The summed E-state index contributed by atoms with van der Waals surface area (Å²) in [5.74, 6) is 1.05. The molecule has 2 saturated heterocycles. The lowest BCUT2D eigenvalue weighted by Gasteiger charge is -2.37. The molecule has 1 amide bonds. The van der Waals surface area contributed by atoms with E-state index in [9.17, 15) is 4.79 Å². The zero-order valence-corrected chi connectivity index (χ0v) is 15.4. The number of hydrogen-bond acceptors (Lipinski definition) is 3. The number of nitrogens with one attached hydrogen (secondary N) is 1. The number of benzene rings is 1. The summed E-state index contributed by atoms with van der Waals surface area (Å²) in [4.78, 5) is 14.8. The topological polar surface area (TPSA) is 41.6 Å². The molecule has 2 aliphatic heterocycles. The number of halogens is 1. The van der Waals surface area contributed by atoms with E-state index in [0.717, 1.165) is 50.3 Å². The number of ether oxygens (including phenoxy) is 1. The first kappa shape index (κ1) is 19.1. The third-order valence-electron chi connectivity index (χ3n) is 5.60. The van der Waals surface area contributed by atoms with Crippen LogP contribution in [0, 0.1) is 5.41 Å². The van der Waals surface area contributed by atoms with Crippen LogP contribution >= 0.6 is 12.4 Å². The van der Waals surface area contributed by atoms with E-state index in [1.807, 2.05) is 24.3 Å². The molecule has 0 aliphatic carbocycles. The van der Waals surface area contributed by atoms with E-state index in [1.54, 1.807) is 7.11 Å². The van der Waals surface area contributed by atoms with Gasteiger partial charge in [0.15, 0.2) is 0 Å². The zero-order valence-electron chi connectivity index (χ0n) is 14.6. The molecule has 3 rings (SSSR count). The minimum Gasteiger partial charge on any atom is -0.496 e. The van der Waals surface area contributed by atoms with Crippen LogP contribution in [-0.4, -0.2) is 44.1 Å². The van der Waals surface area contributed by atoms with Crippen LogP contribution in [0.15, 0.2) is 24.3 Å². The molecule has 2 fully saturated rings. The first-order valence-electron chi connectivity index (χ1n) is 8.83. The minimum atomic E-state index is 0. The van der Waals surface area contributed by atoms with Crippen molar-refractivity contribution >= 4 is 18.3 Å². The fraction of sp³-hybridized carbons (Fsp3) is 0.632. The van der Waals surface area contributed by atoms with Crippen LogP contribution in [0.25, 0.3) is 0 Å². The Morgan fingerprint density at radius 1 is 1.17 bits per heavy atom. The normalized spacial score (nSPS) is 20.1. The molecule has 0 unspecified atom stereocenters. The molecular weight excluding hydrogens is 324 g/mol. The summed E-state index contributed by atoms with van der Waals surface area (Å²) in [6, 6.07) is 7.83. The van der Waals surface area contributed by atoms with Crippen molar-refractivity contribution in [3.63, 3.8) is 0 Å². The molecule has 0 bridgehead atoms. The Balaban J connectivity index is 0.00000208. The van der Waals surface area contributed by atoms with E-state index < -0.39 is 0 Å². The Hall–Kier alpha value is -1.26. The third-order valence-corrected chi connectivity index (χ3v) is 5.60. The van der Waals surface area contributed by atoms with E-state index in [-0.39, 0.29) is 18.3 Å². The van der Waals surface area contributed by atoms with Gasteiger partial charge in [0.1, 0.15) is 5.75 Å². The first-order chi connectivity index (χ1) is 11.2. The quantitative estimate of drug-likeness (QED) is 0.909. The predicted molar refractivity (Wildman–Crippen MR) is 98.9 cm³/mol. The van der Waals surface area contributed by atoms with Crippen LogP contribution in [0.1, 0.15) is 37.7 Å². The lowest BCUT2D eigenvalue weighted by atomic mass is 9.73. The van der Waals surface area contributed by atoms with Gasteiger partial charge >= 0.3 is 0 Å². The summed E-state index contributed by atoms with van der Waals surface area (Å²) in [6.07, 6.45) is 6.54. The molecule has 5 heteroatoms. The standard InChI is InChI=1S/C19H28N2O2.ClH/c1-23-17-6-3-2-5-16(17)15-18(22)21-13-4-7-19(10-14-21)8-11-20-12-9-19;/h2-3,5-6,20H,4,7-15H2,1H3;1H. The molecule has 1 aromatic carbocycles. The third kappa shape index (κ3) is 4.42. The van der Waals surface area contributed by atoms with Crippen molar-refractivity contribution in [2.45, 2.75) is 38.5 Å². The highest BCUT2D eigenvalue weighted by atomic mass is 35.5. The Bertz CT molecular complexity index is 544. The van der Waals surface area contributed by atoms with Crippen LogP contribution < -0.4 is 10.1 Å². The number of nitrogens with zero attached hydrogens (tertiary/aromatic N) is 1. The van der Waals surface area contributed by atoms with Crippen molar-refractivity contribution in [1.82, 2.24) is 10.2 Å². The molecule has 134 valence electrons. The molecule has 4 nitrogen and oxygen atoms in total. The monoisotopic (exact) mass is 352 g/mol. The first-order valence-corrected chi connectivity index (χ1v) is 8.83. The number of methoxy groups -OCH3 is 1. The number of para-hydroxylation sites is 1. The summed E-state index contributed by atoms with van der Waals surface area (Å²) in [5.41, 5.74) is 1.46. The maximum atomic E-state index is 12.7. The van der Waals surface area contributed by atoms with Crippen LogP contribution in [0.3, 0.4) is 0 Å². The van der Waals surface area contributed by atoms with Crippen molar-refractivity contribution in [1.29, 1.82) is 0 Å². The highest BCUT2D eigenvalue weighted by molar-refractivity contribution is 5.85. The van der Waals surface area contributed by atoms with Crippen molar-refractivity contribution in [3.05, 3.63) is 29.8 Å². The van der Waals surface area contributed by atoms with Gasteiger partial charge in [0.05, 0.1) is 13.5 Å². The maximum Gasteiger partial charge on any atom is 0.227 e. The number of carbonyl (C=O) groups is 1. The highest BCUT2D eigenvalue weighted by Gasteiger charge is 2.34. The molecule has 0 radical (unpaired) electrons. The maximum absolute atomic E-state index is 12.7. The predicted octanol–water partition coefficient (Wildman–Crippen LogP) is 3.04. The van der Waals surface area contributed by atoms with Crippen molar-refractivity contribution in [3.8, 4) is 5.75 Å². The summed E-state index contributed by atoms with van der Waals surface area (Å²) in [6.45, 7) is 4.08. The second-order valence-corrected chi connectivity index (χ2v) is 6.97. The molecule has 1 aromatic rings. The Morgan fingerprint density at radius 2 is 1.92 bits per heavy atom. The number of hydrogen-bond donors (Lipinski definition) is 1. The van der Waals surface area contributed by atoms with E-state index >= 15 is 0 Å². The number of rotatable bonds is 3. The SMILES string of the molecule is COc1ccccc1CC(=O)N1CCCC2(CCNCC2)CC1.Cl. The smallest absolute Gasteiger partial charge is 0.227 e. The molecule has 24 heavy (non-hydrogen) atoms. The van der Waals surface area contributed by atoms with Gasteiger partial charge in [0, 0.05) is 18.7 Å². The zero-order chi connectivity index (χ0) is 16.1. The number of carbonyl (C=O) groups excluding carboxylic acids is 1. The molecule has 0 saturated carbocycles. The number of piperidine rings is 1. The fourth-order valence-corrected chi connectivity index (χ4v) is 4.08. The molecular formula is C19H29ClN2O2. The van der Waals surface area contributed by atoms with Crippen LogP contribution in [0.5, 0.6) is 5.75 Å². The van der Waals surface area contributed by atoms with Gasteiger partial charge in [-0.15, -0.1) is 12.4 Å². The number of amides is 1. The molecule has 2 aliphatic rings. The molecule has 1 N–H and O–H groups in total. The van der Waals surface area contributed by atoms with Gasteiger partial charge in [-0.2, -0.15) is 0 Å². The van der Waals surface area contributed by atoms with Gasteiger partial charge in [0.2, 0.25) is 5.91 Å². The van der Waals surface area contributed by atoms with Crippen LogP contribution in [-0.2, 0) is 11.2 Å². The van der Waals surface area contributed by atoms with Crippen molar-refractivity contribution < 1.29 is 9.53 Å². The van der Waals surface area contributed by atoms with Gasteiger partial charge in [-0.05, 0) is 56.7 Å². The summed E-state index contributed by atoms with van der Waals surface area (Å²) < 4.78 is 5.37. The highest BCUT2D eigenvalue weighted by Crippen LogP contribution is 2.39.